The molecule has 0 radical (unpaired) electrons. The van der Waals surface area contributed by atoms with Crippen LogP contribution in [0.15, 0.2) is 6.20 Å². The third-order valence-electron chi connectivity index (χ3n) is 1.64. The number of hydrogen-bond donors (Lipinski definition) is 1. The molecule has 0 aliphatic carbocycles. The first-order valence-corrected chi connectivity index (χ1v) is 3.60. The lowest BCUT2D eigenvalue weighted by Gasteiger charge is -1.89. The predicted molar refractivity (Wildman–Crippen MR) is 39.2 cm³/mol. The van der Waals surface area contributed by atoms with E-state index < -0.39 is 0 Å². The molecule has 0 fully saturated rings. The van der Waals surface area contributed by atoms with E-state index in [4.69, 9.17) is 0 Å². The van der Waals surface area contributed by atoms with Gasteiger partial charge in [-0.2, -0.15) is 5.10 Å². The molecule has 0 spiro atoms. The minimum Gasteiger partial charge on any atom is -0.354 e. The van der Waals surface area contributed by atoms with Crippen LogP contribution in [0.3, 0.4) is 0 Å². The van der Waals surface area contributed by atoms with Crippen molar-refractivity contribution in [2.75, 3.05) is 0 Å². The fourth-order valence-electron chi connectivity index (χ4n) is 0.967. The maximum absolute atomic E-state index is 4.28. The first-order valence-electron chi connectivity index (χ1n) is 3.60. The van der Waals surface area contributed by atoms with Crippen LogP contribution in [0, 0.1) is 6.92 Å². The van der Waals surface area contributed by atoms with Crippen LogP contribution in [0.4, 0.5) is 0 Å². The van der Waals surface area contributed by atoms with Gasteiger partial charge in [-0.05, 0) is 13.8 Å². The summed E-state index contributed by atoms with van der Waals surface area (Å²) in [6.07, 6.45) is 2.06. The molecule has 3 N–H and O–H groups in total. The van der Waals surface area contributed by atoms with Gasteiger partial charge in [0.15, 0.2) is 0 Å². The van der Waals surface area contributed by atoms with Crippen molar-refractivity contribution in [1.29, 1.82) is 0 Å². The lowest BCUT2D eigenvalue weighted by atomic mass is 10.3. The van der Waals surface area contributed by atoms with Crippen molar-refractivity contribution in [3.63, 3.8) is 0 Å². The zero-order valence-corrected chi connectivity index (χ0v) is 6.59. The highest BCUT2D eigenvalue weighted by molar-refractivity contribution is 5.13. The van der Waals surface area contributed by atoms with E-state index in [0.29, 0.717) is 0 Å². The molecule has 3 heteroatoms. The van der Waals surface area contributed by atoms with Crippen LogP contribution in [-0.4, -0.2) is 9.78 Å². The van der Waals surface area contributed by atoms with Crippen LogP contribution >= 0.6 is 0 Å². The number of nitrogens with zero attached hydrogens (tertiary/aromatic N) is 2. The summed E-state index contributed by atoms with van der Waals surface area (Å²) in [5.74, 6) is 0. The van der Waals surface area contributed by atoms with E-state index >= 15 is 0 Å². The fraction of sp³-hybridized carbons (Fsp3) is 0.571. The second-order valence-electron chi connectivity index (χ2n) is 2.35. The van der Waals surface area contributed by atoms with Crippen molar-refractivity contribution in [1.82, 2.24) is 9.78 Å². The summed E-state index contributed by atoms with van der Waals surface area (Å²) in [6.45, 7) is 5.89. The summed E-state index contributed by atoms with van der Waals surface area (Å²) in [6, 6.07) is 0. The Kier molecular flexibility index (Phi) is 2.06. The van der Waals surface area contributed by atoms with Crippen LogP contribution in [0.25, 0.3) is 0 Å². The van der Waals surface area contributed by atoms with E-state index in [-0.39, 0.29) is 0 Å². The quantitative estimate of drug-likeness (QED) is 0.615. The van der Waals surface area contributed by atoms with E-state index in [1.54, 1.807) is 0 Å². The lowest BCUT2D eigenvalue weighted by Crippen LogP contribution is -2.47. The fourth-order valence-corrected chi connectivity index (χ4v) is 0.967. The molecule has 1 rings (SSSR count). The second kappa shape index (κ2) is 2.84. The van der Waals surface area contributed by atoms with E-state index in [1.165, 1.54) is 5.56 Å². The number of aryl methyl sites for hydroxylation is 2. The summed E-state index contributed by atoms with van der Waals surface area (Å²) >= 11 is 0. The first-order chi connectivity index (χ1) is 4.77. The van der Waals surface area contributed by atoms with Crippen molar-refractivity contribution in [3.05, 3.63) is 17.5 Å². The third-order valence-corrected chi connectivity index (χ3v) is 1.64. The predicted octanol–water partition coefficient (Wildman–Crippen LogP) is -0.0467. The highest BCUT2D eigenvalue weighted by Crippen LogP contribution is 2.02. The molecule has 1 aromatic rings. The highest BCUT2D eigenvalue weighted by Gasteiger charge is 2.01. The van der Waals surface area contributed by atoms with Gasteiger partial charge in [0, 0.05) is 18.3 Å². The van der Waals surface area contributed by atoms with Crippen molar-refractivity contribution >= 4 is 0 Å². The molecule has 1 aromatic heterocycles. The topological polar surface area (TPSA) is 45.5 Å². The van der Waals surface area contributed by atoms with Gasteiger partial charge in [-0.1, -0.05) is 0 Å². The van der Waals surface area contributed by atoms with Gasteiger partial charge < -0.3 is 5.73 Å². The molecule has 0 saturated heterocycles. The van der Waals surface area contributed by atoms with Crippen LogP contribution in [0.5, 0.6) is 0 Å². The van der Waals surface area contributed by atoms with E-state index in [9.17, 15) is 0 Å². The Hall–Kier alpha value is -0.830. The van der Waals surface area contributed by atoms with Crippen LogP contribution in [-0.2, 0) is 13.1 Å². The minimum absolute atomic E-state index is 0.839. The van der Waals surface area contributed by atoms with Gasteiger partial charge in [0.05, 0.1) is 5.69 Å². The molecule has 0 atom stereocenters. The monoisotopic (exact) mass is 140 g/mol. The molecular weight excluding hydrogens is 126 g/mol. The molecule has 0 aliphatic heterocycles. The molecule has 0 aromatic carbocycles. The van der Waals surface area contributed by atoms with Gasteiger partial charge in [-0.15, -0.1) is 0 Å². The zero-order valence-electron chi connectivity index (χ0n) is 6.59. The third kappa shape index (κ3) is 1.19. The number of rotatable bonds is 2. The average molecular weight is 140 g/mol. The molecule has 0 unspecified atom stereocenters. The number of aromatic nitrogens is 2. The van der Waals surface area contributed by atoms with Crippen LogP contribution < -0.4 is 5.73 Å². The van der Waals surface area contributed by atoms with Crippen molar-refractivity contribution in [2.24, 2.45) is 0 Å². The van der Waals surface area contributed by atoms with Crippen molar-refractivity contribution < 1.29 is 5.73 Å². The summed E-state index contributed by atoms with van der Waals surface area (Å²) in [5.41, 5.74) is 6.17. The van der Waals surface area contributed by atoms with Crippen LogP contribution in [0.1, 0.15) is 18.2 Å². The molecule has 0 bridgehead atoms. The van der Waals surface area contributed by atoms with Crippen molar-refractivity contribution in [2.45, 2.75) is 26.9 Å². The second-order valence-corrected chi connectivity index (χ2v) is 2.35. The molecule has 10 heavy (non-hydrogen) atoms. The normalized spacial score (nSPS) is 10.3. The Balaban J connectivity index is 2.92. The van der Waals surface area contributed by atoms with Gasteiger partial charge in [0.1, 0.15) is 6.54 Å². The molecule has 56 valence electrons. The average Bonchev–Trinajstić information content (AvgIpc) is 2.30. The Morgan fingerprint density at radius 1 is 1.70 bits per heavy atom. The molecule has 1 heterocycles. The first kappa shape index (κ1) is 7.28. The van der Waals surface area contributed by atoms with Gasteiger partial charge >= 0.3 is 0 Å². The Morgan fingerprint density at radius 2 is 2.40 bits per heavy atom. The summed E-state index contributed by atoms with van der Waals surface area (Å²) < 4.78 is 1.94. The number of quaternary nitrogens is 1. The van der Waals surface area contributed by atoms with Gasteiger partial charge in [-0.25, -0.2) is 0 Å². The number of hydrogen-bond acceptors (Lipinski definition) is 1. The molecule has 0 saturated carbocycles. The van der Waals surface area contributed by atoms with Gasteiger partial charge in [-0.3, -0.25) is 4.68 Å². The summed E-state index contributed by atoms with van der Waals surface area (Å²) in [4.78, 5) is 0. The maximum atomic E-state index is 4.28. The van der Waals surface area contributed by atoms with Crippen LogP contribution in [0.2, 0.25) is 0 Å². The minimum atomic E-state index is 0.839. The van der Waals surface area contributed by atoms with E-state index in [0.717, 1.165) is 18.8 Å². The Labute approximate surface area is 60.8 Å². The maximum Gasteiger partial charge on any atom is 0.103 e. The van der Waals surface area contributed by atoms with Gasteiger partial charge in [0.25, 0.3) is 0 Å². The molecule has 0 amide bonds. The van der Waals surface area contributed by atoms with Gasteiger partial charge in [0.2, 0.25) is 0 Å². The summed E-state index contributed by atoms with van der Waals surface area (Å²) in [7, 11) is 0. The molecule has 3 nitrogen and oxygen atoms in total. The highest BCUT2D eigenvalue weighted by atomic mass is 15.3. The standard InChI is InChI=1S/C7H13N3/c1-3-10-5-7(4-8)6(2)9-10/h5H,3-4,8H2,1-2H3/p+1. The molecule has 0 aliphatic rings. The van der Waals surface area contributed by atoms with Crippen molar-refractivity contribution in [3.8, 4) is 0 Å². The molecular formula is C7H14N3+. The SMILES string of the molecule is CCn1cc(C[NH3+])c(C)n1. The Morgan fingerprint density at radius 3 is 2.70 bits per heavy atom. The summed E-state index contributed by atoms with van der Waals surface area (Å²) in [5, 5.41) is 4.28. The smallest absolute Gasteiger partial charge is 0.103 e. The lowest BCUT2D eigenvalue weighted by molar-refractivity contribution is -0.386. The van der Waals surface area contributed by atoms with E-state index in [1.807, 2.05) is 11.6 Å². The largest absolute Gasteiger partial charge is 0.354 e. The van der Waals surface area contributed by atoms with E-state index in [2.05, 4.69) is 24.0 Å². The zero-order chi connectivity index (χ0) is 7.56. The Bertz CT molecular complexity index is 215.